The van der Waals surface area contributed by atoms with Crippen molar-refractivity contribution >= 4 is 40.6 Å². The van der Waals surface area contributed by atoms with Gasteiger partial charge in [-0.25, -0.2) is 4.79 Å². The van der Waals surface area contributed by atoms with E-state index in [9.17, 15) is 4.79 Å². The number of benzene rings is 2. The van der Waals surface area contributed by atoms with Gasteiger partial charge in [-0.05, 0) is 68.0 Å². The molecule has 2 aromatic rings. The van der Waals surface area contributed by atoms with E-state index < -0.39 is 0 Å². The number of fused-ring (bicyclic) bond motifs is 1. The molecule has 1 aliphatic heterocycles. The number of nitrogens with zero attached hydrogens (tertiary/aromatic N) is 2. The molecule has 0 aromatic heterocycles. The standard InChI is InChI=1S/C24H31Cl2N3O/c1-4-12-28-13-6-7-19-14-18(8-11-23(19)28)16-29(17(3)5-2)24(30)27-20-9-10-21(25)22(26)15-20/h8-11,14-15,17H,4-7,12-13,16H2,1-3H3,(H,27,30). The molecule has 0 fully saturated rings. The number of carbonyl (C=O) groups is 1. The molecule has 1 heterocycles. The molecule has 3 rings (SSSR count). The molecular formula is C24H31Cl2N3O. The smallest absolute Gasteiger partial charge is 0.322 e. The van der Waals surface area contributed by atoms with Gasteiger partial charge in [-0.3, -0.25) is 0 Å². The maximum absolute atomic E-state index is 13.1. The summed E-state index contributed by atoms with van der Waals surface area (Å²) in [5, 5.41) is 3.87. The van der Waals surface area contributed by atoms with Crippen LogP contribution in [0.1, 0.15) is 51.2 Å². The molecule has 0 saturated heterocycles. The lowest BCUT2D eigenvalue weighted by Crippen LogP contribution is -2.40. The number of hydrogen-bond acceptors (Lipinski definition) is 2. The van der Waals surface area contributed by atoms with Crippen LogP contribution in [0.15, 0.2) is 36.4 Å². The van der Waals surface area contributed by atoms with Gasteiger partial charge in [0.05, 0.1) is 10.0 Å². The summed E-state index contributed by atoms with van der Waals surface area (Å²) in [6.45, 7) is 9.19. The first kappa shape index (κ1) is 22.8. The van der Waals surface area contributed by atoms with Gasteiger partial charge in [-0.1, -0.05) is 49.2 Å². The quantitative estimate of drug-likeness (QED) is 0.496. The summed E-state index contributed by atoms with van der Waals surface area (Å²) in [6, 6.07) is 11.8. The zero-order valence-electron chi connectivity index (χ0n) is 18.0. The van der Waals surface area contributed by atoms with Crippen LogP contribution in [0.3, 0.4) is 0 Å². The highest BCUT2D eigenvalue weighted by molar-refractivity contribution is 6.42. The van der Waals surface area contributed by atoms with Crippen LogP contribution in [0.4, 0.5) is 16.2 Å². The maximum Gasteiger partial charge on any atom is 0.322 e. The summed E-state index contributed by atoms with van der Waals surface area (Å²) >= 11 is 12.1. The van der Waals surface area contributed by atoms with Gasteiger partial charge in [-0.15, -0.1) is 0 Å². The zero-order chi connectivity index (χ0) is 21.7. The molecule has 6 heteroatoms. The number of amides is 2. The van der Waals surface area contributed by atoms with Crippen molar-refractivity contribution in [2.24, 2.45) is 0 Å². The van der Waals surface area contributed by atoms with E-state index in [2.05, 4.69) is 49.2 Å². The van der Waals surface area contributed by atoms with Crippen LogP contribution < -0.4 is 10.2 Å². The van der Waals surface area contributed by atoms with Gasteiger partial charge in [0.25, 0.3) is 0 Å². The maximum atomic E-state index is 13.1. The number of hydrogen-bond donors (Lipinski definition) is 1. The molecule has 0 saturated carbocycles. The summed E-state index contributed by atoms with van der Waals surface area (Å²) in [4.78, 5) is 17.4. The van der Waals surface area contributed by atoms with E-state index in [1.54, 1.807) is 18.2 Å². The van der Waals surface area contributed by atoms with E-state index in [0.717, 1.165) is 37.9 Å². The third-order valence-corrected chi connectivity index (χ3v) is 6.50. The number of anilines is 2. The predicted molar refractivity (Wildman–Crippen MR) is 128 cm³/mol. The Balaban J connectivity index is 1.77. The summed E-state index contributed by atoms with van der Waals surface area (Å²) < 4.78 is 0. The monoisotopic (exact) mass is 447 g/mol. The lowest BCUT2D eigenvalue weighted by atomic mass is 9.98. The summed E-state index contributed by atoms with van der Waals surface area (Å²) in [7, 11) is 0. The van der Waals surface area contributed by atoms with Crippen molar-refractivity contribution in [2.45, 2.75) is 59.0 Å². The molecule has 2 aromatic carbocycles. The first-order valence-corrected chi connectivity index (χ1v) is 11.6. The molecule has 1 aliphatic rings. The number of halogens is 2. The molecule has 30 heavy (non-hydrogen) atoms. The fraction of sp³-hybridized carbons (Fsp3) is 0.458. The Labute approximate surface area is 190 Å². The second kappa shape index (κ2) is 10.4. The Morgan fingerprint density at radius 1 is 1.17 bits per heavy atom. The third-order valence-electron chi connectivity index (χ3n) is 5.76. The van der Waals surface area contributed by atoms with Crippen molar-refractivity contribution in [2.75, 3.05) is 23.3 Å². The fourth-order valence-electron chi connectivity index (χ4n) is 3.94. The molecular weight excluding hydrogens is 417 g/mol. The van der Waals surface area contributed by atoms with Crippen LogP contribution in [0.25, 0.3) is 0 Å². The van der Waals surface area contributed by atoms with Gasteiger partial charge in [0, 0.05) is 37.1 Å². The second-order valence-electron chi connectivity index (χ2n) is 8.00. The first-order valence-electron chi connectivity index (χ1n) is 10.8. The van der Waals surface area contributed by atoms with E-state index in [-0.39, 0.29) is 12.1 Å². The normalized spacial score (nSPS) is 14.2. The third kappa shape index (κ3) is 5.41. The fourth-order valence-corrected chi connectivity index (χ4v) is 4.24. The van der Waals surface area contributed by atoms with Crippen molar-refractivity contribution in [3.05, 3.63) is 57.6 Å². The van der Waals surface area contributed by atoms with Crippen molar-refractivity contribution in [1.29, 1.82) is 0 Å². The molecule has 4 nitrogen and oxygen atoms in total. The highest BCUT2D eigenvalue weighted by Crippen LogP contribution is 2.29. The molecule has 162 valence electrons. The molecule has 0 radical (unpaired) electrons. The van der Waals surface area contributed by atoms with Crippen LogP contribution in [0.5, 0.6) is 0 Å². The van der Waals surface area contributed by atoms with Gasteiger partial charge in [0.1, 0.15) is 0 Å². The van der Waals surface area contributed by atoms with Crippen molar-refractivity contribution in [3.63, 3.8) is 0 Å². The number of nitrogens with one attached hydrogen (secondary N) is 1. The van der Waals surface area contributed by atoms with Crippen LogP contribution in [0.2, 0.25) is 10.0 Å². The lowest BCUT2D eigenvalue weighted by Gasteiger charge is -2.32. The van der Waals surface area contributed by atoms with Gasteiger partial charge in [0.2, 0.25) is 0 Å². The first-order chi connectivity index (χ1) is 14.4. The summed E-state index contributed by atoms with van der Waals surface area (Å²) in [5.74, 6) is 0. The average molecular weight is 448 g/mol. The van der Waals surface area contributed by atoms with Gasteiger partial charge in [0.15, 0.2) is 0 Å². The molecule has 0 aliphatic carbocycles. The Morgan fingerprint density at radius 3 is 2.67 bits per heavy atom. The lowest BCUT2D eigenvalue weighted by molar-refractivity contribution is 0.187. The predicted octanol–water partition coefficient (Wildman–Crippen LogP) is 6.99. The van der Waals surface area contributed by atoms with Crippen molar-refractivity contribution in [3.8, 4) is 0 Å². The van der Waals surface area contributed by atoms with Crippen LogP contribution in [-0.2, 0) is 13.0 Å². The largest absolute Gasteiger partial charge is 0.371 e. The van der Waals surface area contributed by atoms with E-state index in [4.69, 9.17) is 23.2 Å². The topological polar surface area (TPSA) is 35.6 Å². The van der Waals surface area contributed by atoms with Crippen LogP contribution in [0, 0.1) is 0 Å². The zero-order valence-corrected chi connectivity index (χ0v) is 19.6. The molecule has 0 bridgehead atoms. The number of aryl methyl sites for hydroxylation is 1. The van der Waals surface area contributed by atoms with E-state index in [0.29, 0.717) is 22.3 Å². The second-order valence-corrected chi connectivity index (χ2v) is 8.81. The molecule has 0 spiro atoms. The van der Waals surface area contributed by atoms with E-state index >= 15 is 0 Å². The molecule has 1 unspecified atom stereocenters. The number of rotatable bonds is 7. The highest BCUT2D eigenvalue weighted by Gasteiger charge is 2.22. The Morgan fingerprint density at radius 2 is 1.97 bits per heavy atom. The summed E-state index contributed by atoms with van der Waals surface area (Å²) in [6.07, 6.45) is 4.31. The number of urea groups is 1. The van der Waals surface area contributed by atoms with E-state index in [1.165, 1.54) is 17.7 Å². The van der Waals surface area contributed by atoms with Crippen molar-refractivity contribution in [1.82, 2.24) is 4.90 Å². The minimum atomic E-state index is -0.131. The molecule has 1 atom stereocenters. The van der Waals surface area contributed by atoms with E-state index in [1.807, 2.05) is 4.90 Å². The Bertz CT molecular complexity index is 887. The molecule has 1 N–H and O–H groups in total. The SMILES string of the molecule is CCCN1CCCc2cc(CN(C(=O)Nc3ccc(Cl)c(Cl)c3)C(C)CC)ccc21. The minimum absolute atomic E-state index is 0.111. The number of carbonyl (C=O) groups excluding carboxylic acids is 1. The Kier molecular flexibility index (Phi) is 7.90. The van der Waals surface area contributed by atoms with Gasteiger partial charge in [-0.2, -0.15) is 0 Å². The summed E-state index contributed by atoms with van der Waals surface area (Å²) in [5.41, 5.74) is 4.54. The Hall–Kier alpha value is -1.91. The van der Waals surface area contributed by atoms with Crippen molar-refractivity contribution < 1.29 is 4.79 Å². The van der Waals surface area contributed by atoms with Crippen LogP contribution >= 0.6 is 23.2 Å². The van der Waals surface area contributed by atoms with Gasteiger partial charge >= 0.3 is 6.03 Å². The molecule has 2 amide bonds. The average Bonchev–Trinajstić information content (AvgIpc) is 2.74. The minimum Gasteiger partial charge on any atom is -0.371 e. The van der Waals surface area contributed by atoms with Gasteiger partial charge < -0.3 is 15.1 Å². The highest BCUT2D eigenvalue weighted by atomic mass is 35.5. The van der Waals surface area contributed by atoms with Crippen LogP contribution in [-0.4, -0.2) is 30.1 Å².